The van der Waals surface area contributed by atoms with E-state index in [2.05, 4.69) is 10.6 Å². The maximum Gasteiger partial charge on any atom is 0.309 e. The average Bonchev–Trinajstić information content (AvgIpc) is 2.41. The molecule has 0 fully saturated rings. The summed E-state index contributed by atoms with van der Waals surface area (Å²) in [5, 5.41) is 22.5. The molecule has 0 radical (unpaired) electrons. The first-order valence-corrected chi connectivity index (χ1v) is 6.08. The van der Waals surface area contributed by atoms with Crippen LogP contribution in [-0.4, -0.2) is 41.7 Å². The second kappa shape index (κ2) is 8.10. The topological polar surface area (TPSA) is 98.7 Å². The van der Waals surface area contributed by atoms with Crippen LogP contribution >= 0.6 is 0 Å². The monoisotopic (exact) mass is 266 g/mol. The molecule has 0 aliphatic heterocycles. The number of hydrogen-bond acceptors (Lipinski definition) is 4. The molecule has 0 spiro atoms. The van der Waals surface area contributed by atoms with Gasteiger partial charge in [-0.1, -0.05) is 12.1 Å². The zero-order valence-electron chi connectivity index (χ0n) is 10.6. The van der Waals surface area contributed by atoms with E-state index in [1.807, 2.05) is 0 Å². The van der Waals surface area contributed by atoms with Crippen LogP contribution in [0.3, 0.4) is 0 Å². The van der Waals surface area contributed by atoms with Gasteiger partial charge in [-0.15, -0.1) is 0 Å². The van der Waals surface area contributed by atoms with Crippen LogP contribution in [0.5, 0.6) is 5.75 Å². The fourth-order valence-corrected chi connectivity index (χ4v) is 1.42. The van der Waals surface area contributed by atoms with E-state index in [9.17, 15) is 9.59 Å². The Balaban J connectivity index is 2.23. The Morgan fingerprint density at radius 2 is 1.58 bits per heavy atom. The molecule has 2 amide bonds. The van der Waals surface area contributed by atoms with E-state index in [4.69, 9.17) is 10.2 Å². The van der Waals surface area contributed by atoms with Crippen LogP contribution in [0.15, 0.2) is 24.3 Å². The van der Waals surface area contributed by atoms with Gasteiger partial charge in [0.15, 0.2) is 0 Å². The third kappa shape index (κ3) is 5.87. The van der Waals surface area contributed by atoms with Gasteiger partial charge in [-0.25, -0.2) is 0 Å². The second-order valence-electron chi connectivity index (χ2n) is 4.01. The summed E-state index contributed by atoms with van der Waals surface area (Å²) < 4.78 is 0. The number of rotatable bonds is 6. The van der Waals surface area contributed by atoms with Gasteiger partial charge >= 0.3 is 11.8 Å². The molecular formula is C13H18N2O4. The molecule has 0 aromatic heterocycles. The van der Waals surface area contributed by atoms with Crippen LogP contribution < -0.4 is 10.6 Å². The number of aliphatic hydroxyl groups is 1. The molecular weight excluding hydrogens is 248 g/mol. The summed E-state index contributed by atoms with van der Waals surface area (Å²) in [5.41, 5.74) is 0.957. The van der Waals surface area contributed by atoms with E-state index in [0.717, 1.165) is 5.56 Å². The van der Waals surface area contributed by atoms with Crippen LogP contribution in [0.2, 0.25) is 0 Å². The zero-order chi connectivity index (χ0) is 14.1. The third-order valence-electron chi connectivity index (χ3n) is 2.46. The van der Waals surface area contributed by atoms with Gasteiger partial charge in [0.25, 0.3) is 0 Å². The lowest BCUT2D eigenvalue weighted by molar-refractivity contribution is -0.139. The number of hydrogen-bond donors (Lipinski definition) is 4. The van der Waals surface area contributed by atoms with Crippen molar-refractivity contribution in [1.29, 1.82) is 0 Å². The number of aliphatic hydroxyl groups excluding tert-OH is 1. The maximum absolute atomic E-state index is 11.4. The highest BCUT2D eigenvalue weighted by molar-refractivity contribution is 6.35. The van der Waals surface area contributed by atoms with Crippen molar-refractivity contribution in [3.05, 3.63) is 29.8 Å². The minimum absolute atomic E-state index is 0.0250. The van der Waals surface area contributed by atoms with Gasteiger partial charge in [0.2, 0.25) is 0 Å². The quantitative estimate of drug-likeness (QED) is 0.414. The van der Waals surface area contributed by atoms with E-state index >= 15 is 0 Å². The molecule has 1 aromatic rings. The Morgan fingerprint density at radius 3 is 2.16 bits per heavy atom. The van der Waals surface area contributed by atoms with E-state index in [1.165, 1.54) is 0 Å². The summed E-state index contributed by atoms with van der Waals surface area (Å²) in [6.07, 6.45) is 1.00. The zero-order valence-corrected chi connectivity index (χ0v) is 10.6. The van der Waals surface area contributed by atoms with Crippen molar-refractivity contribution in [2.45, 2.75) is 12.8 Å². The molecule has 1 aromatic carbocycles. The van der Waals surface area contributed by atoms with Crippen molar-refractivity contribution in [3.63, 3.8) is 0 Å². The molecule has 4 N–H and O–H groups in total. The van der Waals surface area contributed by atoms with Gasteiger partial charge in [-0.05, 0) is 30.5 Å². The lowest BCUT2D eigenvalue weighted by Gasteiger charge is -2.06. The Bertz CT molecular complexity index is 417. The van der Waals surface area contributed by atoms with Gasteiger partial charge in [0, 0.05) is 19.7 Å². The first kappa shape index (κ1) is 15.0. The predicted octanol–water partition coefficient (Wildman–Crippen LogP) is -0.450. The molecule has 0 aliphatic rings. The molecule has 0 unspecified atom stereocenters. The van der Waals surface area contributed by atoms with E-state index in [1.54, 1.807) is 24.3 Å². The van der Waals surface area contributed by atoms with E-state index in [0.29, 0.717) is 19.4 Å². The molecule has 19 heavy (non-hydrogen) atoms. The number of carbonyl (C=O) groups excluding carboxylic acids is 2. The standard InChI is InChI=1S/C13H18N2O4/c16-9-1-7-14-12(18)13(19)15-8-6-10-2-4-11(17)5-3-10/h2-5,16-17H,1,6-9H2,(H,14,18)(H,15,19). The van der Waals surface area contributed by atoms with Crippen LogP contribution in [0, 0.1) is 0 Å². The van der Waals surface area contributed by atoms with Crippen molar-refractivity contribution < 1.29 is 19.8 Å². The van der Waals surface area contributed by atoms with Crippen molar-refractivity contribution in [3.8, 4) is 5.75 Å². The Labute approximate surface area is 111 Å². The summed E-state index contributed by atoms with van der Waals surface area (Å²) in [6.45, 7) is 0.598. The van der Waals surface area contributed by atoms with Crippen molar-refractivity contribution in [2.24, 2.45) is 0 Å². The van der Waals surface area contributed by atoms with Crippen molar-refractivity contribution in [2.75, 3.05) is 19.7 Å². The van der Waals surface area contributed by atoms with Gasteiger partial charge < -0.3 is 20.8 Å². The number of benzene rings is 1. The fourth-order valence-electron chi connectivity index (χ4n) is 1.42. The van der Waals surface area contributed by atoms with Gasteiger partial charge in [0.1, 0.15) is 5.75 Å². The molecule has 104 valence electrons. The highest BCUT2D eigenvalue weighted by Gasteiger charge is 2.11. The normalized spacial score (nSPS) is 9.95. The number of carbonyl (C=O) groups is 2. The van der Waals surface area contributed by atoms with Crippen LogP contribution in [0.25, 0.3) is 0 Å². The maximum atomic E-state index is 11.4. The number of aromatic hydroxyl groups is 1. The third-order valence-corrected chi connectivity index (χ3v) is 2.46. The lowest BCUT2D eigenvalue weighted by atomic mass is 10.1. The Morgan fingerprint density at radius 1 is 1.00 bits per heavy atom. The van der Waals surface area contributed by atoms with Crippen LogP contribution in [0.4, 0.5) is 0 Å². The summed E-state index contributed by atoms with van der Waals surface area (Å²) in [7, 11) is 0. The van der Waals surface area contributed by atoms with E-state index < -0.39 is 11.8 Å². The smallest absolute Gasteiger partial charge is 0.309 e. The van der Waals surface area contributed by atoms with Crippen molar-refractivity contribution >= 4 is 11.8 Å². The number of nitrogens with one attached hydrogen (secondary N) is 2. The molecule has 0 aliphatic carbocycles. The van der Waals surface area contributed by atoms with Crippen LogP contribution in [0.1, 0.15) is 12.0 Å². The first-order chi connectivity index (χ1) is 9.13. The van der Waals surface area contributed by atoms with Crippen LogP contribution in [-0.2, 0) is 16.0 Å². The minimum Gasteiger partial charge on any atom is -0.508 e. The summed E-state index contributed by atoms with van der Waals surface area (Å²) in [5.74, 6) is -1.19. The largest absolute Gasteiger partial charge is 0.508 e. The SMILES string of the molecule is O=C(NCCCO)C(=O)NCCc1ccc(O)cc1. The van der Waals surface area contributed by atoms with Gasteiger partial charge in [-0.2, -0.15) is 0 Å². The molecule has 0 heterocycles. The lowest BCUT2D eigenvalue weighted by Crippen LogP contribution is -2.41. The van der Waals surface area contributed by atoms with Gasteiger partial charge in [-0.3, -0.25) is 9.59 Å². The molecule has 6 heteroatoms. The average molecular weight is 266 g/mol. The first-order valence-electron chi connectivity index (χ1n) is 6.08. The number of amides is 2. The molecule has 6 nitrogen and oxygen atoms in total. The summed E-state index contributed by atoms with van der Waals surface area (Å²) in [6, 6.07) is 6.64. The highest BCUT2D eigenvalue weighted by atomic mass is 16.3. The molecule has 0 atom stereocenters. The summed E-state index contributed by atoms with van der Waals surface area (Å²) >= 11 is 0. The highest BCUT2D eigenvalue weighted by Crippen LogP contribution is 2.09. The molecule has 1 rings (SSSR count). The fraction of sp³-hybridized carbons (Fsp3) is 0.385. The molecule has 0 saturated carbocycles. The number of phenolic OH excluding ortho intramolecular Hbond substituents is 1. The number of phenols is 1. The van der Waals surface area contributed by atoms with Gasteiger partial charge in [0.05, 0.1) is 0 Å². The Kier molecular flexibility index (Phi) is 6.38. The summed E-state index contributed by atoms with van der Waals surface area (Å²) in [4.78, 5) is 22.6. The Hall–Kier alpha value is -2.08. The minimum atomic E-state index is -0.695. The molecule has 0 bridgehead atoms. The predicted molar refractivity (Wildman–Crippen MR) is 69.5 cm³/mol. The molecule has 0 saturated heterocycles. The van der Waals surface area contributed by atoms with Crippen molar-refractivity contribution in [1.82, 2.24) is 10.6 Å². The second-order valence-corrected chi connectivity index (χ2v) is 4.01. The van der Waals surface area contributed by atoms with E-state index in [-0.39, 0.29) is 18.9 Å².